The van der Waals surface area contributed by atoms with Crippen molar-refractivity contribution in [1.82, 2.24) is 4.31 Å². The van der Waals surface area contributed by atoms with Crippen molar-refractivity contribution in [3.05, 3.63) is 47.5 Å². The lowest BCUT2D eigenvalue weighted by Gasteiger charge is -2.33. The first kappa shape index (κ1) is 21.8. The van der Waals surface area contributed by atoms with Gasteiger partial charge in [-0.25, -0.2) is 12.7 Å². The summed E-state index contributed by atoms with van der Waals surface area (Å²) in [5.74, 6) is -0.219. The Balaban J connectivity index is 1.91. The highest BCUT2D eigenvalue weighted by molar-refractivity contribution is 7.89. The molecule has 1 heterocycles. The first-order chi connectivity index (χ1) is 14.0. The van der Waals surface area contributed by atoms with Crippen LogP contribution in [0.25, 0.3) is 0 Å². The zero-order chi connectivity index (χ0) is 22.2. The maximum Gasteiger partial charge on any atom is 0.267 e. The van der Waals surface area contributed by atoms with Gasteiger partial charge in [0.2, 0.25) is 15.9 Å². The standard InChI is InChI=1S/C21H25N3O5S/c1-13-10-16(30(27,28)23(4)5)11-17(14(13)2)22-21(26)20-12-24(15(3)25)18-8-6-7-9-19(18)29-20/h6-11,20H,12H2,1-5H3,(H,22,26). The van der Waals surface area contributed by atoms with E-state index in [2.05, 4.69) is 5.32 Å². The molecule has 1 atom stereocenters. The number of nitrogens with zero attached hydrogens (tertiary/aromatic N) is 2. The minimum Gasteiger partial charge on any atom is -0.476 e. The van der Waals surface area contributed by atoms with E-state index >= 15 is 0 Å². The van der Waals surface area contributed by atoms with Gasteiger partial charge in [0.15, 0.2) is 6.10 Å². The van der Waals surface area contributed by atoms with Crippen LogP contribution in [0.15, 0.2) is 41.3 Å². The highest BCUT2D eigenvalue weighted by Crippen LogP contribution is 2.34. The summed E-state index contributed by atoms with van der Waals surface area (Å²) in [5, 5.41) is 2.78. The largest absolute Gasteiger partial charge is 0.476 e. The molecular formula is C21H25N3O5S. The van der Waals surface area contributed by atoms with Crippen molar-refractivity contribution in [2.75, 3.05) is 30.9 Å². The molecule has 160 valence electrons. The normalized spacial score (nSPS) is 16.1. The number of nitrogens with one attached hydrogen (secondary N) is 1. The molecule has 1 unspecified atom stereocenters. The van der Waals surface area contributed by atoms with Crippen LogP contribution < -0.4 is 15.0 Å². The quantitative estimate of drug-likeness (QED) is 0.801. The van der Waals surface area contributed by atoms with E-state index in [-0.39, 0.29) is 17.3 Å². The number of sulfonamides is 1. The van der Waals surface area contributed by atoms with E-state index in [1.165, 1.54) is 32.0 Å². The van der Waals surface area contributed by atoms with Crippen LogP contribution in [0, 0.1) is 13.8 Å². The molecule has 0 aromatic heterocycles. The number of aryl methyl sites for hydroxylation is 1. The molecule has 8 nitrogen and oxygen atoms in total. The zero-order valence-electron chi connectivity index (χ0n) is 17.6. The van der Waals surface area contributed by atoms with Crippen molar-refractivity contribution in [2.24, 2.45) is 0 Å². The Bertz CT molecular complexity index is 1110. The average molecular weight is 432 g/mol. The number of ether oxygens (including phenoxy) is 1. The van der Waals surface area contributed by atoms with Gasteiger partial charge in [-0.2, -0.15) is 0 Å². The summed E-state index contributed by atoms with van der Waals surface area (Å²) >= 11 is 0. The molecule has 0 saturated heterocycles. The van der Waals surface area contributed by atoms with Crippen LogP contribution in [0.1, 0.15) is 18.1 Å². The van der Waals surface area contributed by atoms with E-state index in [4.69, 9.17) is 4.74 Å². The molecular weight excluding hydrogens is 406 g/mol. The highest BCUT2D eigenvalue weighted by Gasteiger charge is 2.33. The van der Waals surface area contributed by atoms with Gasteiger partial charge in [-0.15, -0.1) is 0 Å². The fourth-order valence-corrected chi connectivity index (χ4v) is 4.21. The topological polar surface area (TPSA) is 96.0 Å². The summed E-state index contributed by atoms with van der Waals surface area (Å²) in [6.07, 6.45) is -0.933. The van der Waals surface area contributed by atoms with E-state index in [0.29, 0.717) is 17.1 Å². The number of fused-ring (bicyclic) bond motifs is 1. The molecule has 0 spiro atoms. The van der Waals surface area contributed by atoms with Crippen LogP contribution in [0.5, 0.6) is 5.75 Å². The number of hydrogen-bond donors (Lipinski definition) is 1. The number of amides is 2. The van der Waals surface area contributed by atoms with E-state index in [9.17, 15) is 18.0 Å². The van der Waals surface area contributed by atoms with Gasteiger partial charge in [-0.1, -0.05) is 12.1 Å². The molecule has 1 aliphatic heterocycles. The molecule has 3 rings (SSSR count). The highest BCUT2D eigenvalue weighted by atomic mass is 32.2. The lowest BCUT2D eigenvalue weighted by atomic mass is 10.1. The second-order valence-corrected chi connectivity index (χ2v) is 9.55. The number of anilines is 2. The van der Waals surface area contributed by atoms with Crippen molar-refractivity contribution in [1.29, 1.82) is 0 Å². The molecule has 30 heavy (non-hydrogen) atoms. The Morgan fingerprint density at radius 1 is 1.17 bits per heavy atom. The fourth-order valence-electron chi connectivity index (χ4n) is 3.20. The number of carbonyl (C=O) groups excluding carboxylic acids is 2. The molecule has 1 aliphatic rings. The molecule has 0 radical (unpaired) electrons. The van der Waals surface area contributed by atoms with Gasteiger partial charge >= 0.3 is 0 Å². The van der Waals surface area contributed by atoms with Crippen LogP contribution in [0.3, 0.4) is 0 Å². The van der Waals surface area contributed by atoms with Crippen LogP contribution >= 0.6 is 0 Å². The van der Waals surface area contributed by atoms with Gasteiger partial charge < -0.3 is 15.0 Å². The van der Waals surface area contributed by atoms with Gasteiger partial charge in [0.05, 0.1) is 17.1 Å². The molecule has 2 amide bonds. The third-order valence-electron chi connectivity index (χ3n) is 5.12. The Morgan fingerprint density at radius 3 is 2.47 bits per heavy atom. The van der Waals surface area contributed by atoms with Crippen molar-refractivity contribution in [3.63, 3.8) is 0 Å². The SMILES string of the molecule is CC(=O)N1CC(C(=O)Nc2cc(S(=O)(=O)N(C)C)cc(C)c2C)Oc2ccccc21. The first-order valence-electron chi connectivity index (χ1n) is 9.40. The summed E-state index contributed by atoms with van der Waals surface area (Å²) in [4.78, 5) is 26.6. The smallest absolute Gasteiger partial charge is 0.267 e. The van der Waals surface area contributed by atoms with Crippen LogP contribution in [0.4, 0.5) is 11.4 Å². The zero-order valence-corrected chi connectivity index (χ0v) is 18.4. The summed E-state index contributed by atoms with van der Waals surface area (Å²) in [7, 11) is -0.760. The molecule has 9 heteroatoms. The predicted octanol–water partition coefficient (Wildman–Crippen LogP) is 2.31. The first-order valence-corrected chi connectivity index (χ1v) is 10.8. The number of rotatable bonds is 4. The summed E-state index contributed by atoms with van der Waals surface area (Å²) in [6, 6.07) is 10.0. The van der Waals surface area contributed by atoms with E-state index in [0.717, 1.165) is 15.4 Å². The Morgan fingerprint density at radius 2 is 1.83 bits per heavy atom. The van der Waals surface area contributed by atoms with Crippen molar-refractivity contribution < 1.29 is 22.7 Å². The fraction of sp³-hybridized carbons (Fsp3) is 0.333. The van der Waals surface area contributed by atoms with Gasteiger partial charge in [0.1, 0.15) is 5.75 Å². The molecule has 2 aromatic carbocycles. The van der Waals surface area contributed by atoms with Gasteiger partial charge in [-0.3, -0.25) is 9.59 Å². The lowest BCUT2D eigenvalue weighted by molar-refractivity contribution is -0.123. The second kappa shape index (κ2) is 8.08. The maximum atomic E-state index is 13.0. The minimum atomic E-state index is -3.66. The molecule has 2 aromatic rings. The van der Waals surface area contributed by atoms with E-state index in [1.807, 2.05) is 0 Å². The maximum absolute atomic E-state index is 13.0. The second-order valence-electron chi connectivity index (χ2n) is 7.39. The monoisotopic (exact) mass is 431 g/mol. The Hall–Kier alpha value is -2.91. The van der Waals surface area contributed by atoms with Gasteiger partial charge in [0.25, 0.3) is 5.91 Å². The van der Waals surface area contributed by atoms with Crippen molar-refractivity contribution in [3.8, 4) is 5.75 Å². The van der Waals surface area contributed by atoms with Crippen molar-refractivity contribution >= 4 is 33.2 Å². The van der Waals surface area contributed by atoms with Crippen LogP contribution in [-0.2, 0) is 19.6 Å². The Labute approximate surface area is 176 Å². The predicted molar refractivity (Wildman–Crippen MR) is 114 cm³/mol. The summed E-state index contributed by atoms with van der Waals surface area (Å²) in [5.41, 5.74) is 2.48. The third-order valence-corrected chi connectivity index (χ3v) is 6.92. The summed E-state index contributed by atoms with van der Waals surface area (Å²) in [6.45, 7) is 5.08. The lowest BCUT2D eigenvalue weighted by Crippen LogP contribution is -2.48. The van der Waals surface area contributed by atoms with Gasteiger partial charge in [-0.05, 0) is 49.2 Å². The summed E-state index contributed by atoms with van der Waals surface area (Å²) < 4.78 is 32.0. The number of para-hydroxylation sites is 2. The van der Waals surface area contributed by atoms with E-state index < -0.39 is 22.0 Å². The van der Waals surface area contributed by atoms with E-state index in [1.54, 1.807) is 44.2 Å². The van der Waals surface area contributed by atoms with Crippen LogP contribution in [-0.4, -0.2) is 51.3 Å². The van der Waals surface area contributed by atoms with Crippen molar-refractivity contribution in [2.45, 2.75) is 31.8 Å². The molecule has 0 fully saturated rings. The van der Waals surface area contributed by atoms with Gasteiger partial charge in [0, 0.05) is 26.7 Å². The number of benzene rings is 2. The third kappa shape index (κ3) is 4.03. The number of carbonyl (C=O) groups is 2. The molecule has 1 N–H and O–H groups in total. The van der Waals surface area contributed by atoms with Crippen LogP contribution in [0.2, 0.25) is 0 Å². The Kier molecular flexibility index (Phi) is 5.87. The molecule has 0 bridgehead atoms. The number of hydrogen-bond acceptors (Lipinski definition) is 5. The molecule has 0 saturated carbocycles. The minimum absolute atomic E-state index is 0.0614. The molecule has 0 aliphatic carbocycles. The average Bonchev–Trinajstić information content (AvgIpc) is 2.69.